The molecule has 2 aromatic heterocycles. The van der Waals surface area contributed by atoms with E-state index in [0.717, 1.165) is 24.3 Å². The van der Waals surface area contributed by atoms with E-state index in [1.807, 2.05) is 18.2 Å². The first-order valence-corrected chi connectivity index (χ1v) is 12.5. The largest absolute Gasteiger partial charge is 0.497 e. The number of nitrogens with zero attached hydrogens (tertiary/aromatic N) is 3. The topological polar surface area (TPSA) is 127 Å². The number of aromatic hydroxyl groups is 1. The highest BCUT2D eigenvalue weighted by Crippen LogP contribution is 2.35. The average molecular weight is 530 g/mol. The van der Waals surface area contributed by atoms with Crippen molar-refractivity contribution in [2.24, 2.45) is 0 Å². The number of carbonyl (C=O) groups is 2. The average Bonchev–Trinajstić information content (AvgIpc) is 3.43. The number of hydrogen-bond acceptors (Lipinski definition) is 8. The van der Waals surface area contributed by atoms with Crippen LogP contribution in [0.1, 0.15) is 5.56 Å². The summed E-state index contributed by atoms with van der Waals surface area (Å²) in [6, 6.07) is 15.4. The Morgan fingerprint density at radius 2 is 1.77 bits per heavy atom. The van der Waals surface area contributed by atoms with Gasteiger partial charge in [-0.15, -0.1) is 0 Å². The fraction of sp³-hybridized carbons (Fsp3) is 0.250. The van der Waals surface area contributed by atoms with Crippen molar-refractivity contribution in [3.8, 4) is 23.1 Å². The van der Waals surface area contributed by atoms with E-state index in [2.05, 4.69) is 20.5 Å². The molecule has 2 aliphatic heterocycles. The van der Waals surface area contributed by atoms with Crippen LogP contribution >= 0.6 is 0 Å². The van der Waals surface area contributed by atoms with E-state index in [4.69, 9.17) is 14.2 Å². The summed E-state index contributed by atoms with van der Waals surface area (Å²) in [7, 11) is 1.55. The molecule has 1 atom stereocenters. The number of ether oxygens (including phenoxy) is 3. The van der Waals surface area contributed by atoms with Gasteiger partial charge in [0.15, 0.2) is 11.4 Å². The molecule has 0 unspecified atom stereocenters. The van der Waals surface area contributed by atoms with E-state index in [9.17, 15) is 14.7 Å². The van der Waals surface area contributed by atoms with Crippen molar-refractivity contribution < 1.29 is 28.9 Å². The summed E-state index contributed by atoms with van der Waals surface area (Å²) >= 11 is 0. The number of urea groups is 1. The number of methoxy groups -OCH3 is 1. The van der Waals surface area contributed by atoms with Gasteiger partial charge in [0.2, 0.25) is 0 Å². The number of benzene rings is 2. The standard InChI is InChI=1S/C28H27N5O6/c1-37-21-5-2-18-16-33(25(34)23(18)14-21)17-28(26(35)30-27(36)31-28)19-3-6-20(7-4-19)39-22-8-9-24(29-15-22)32-10-12-38-13-11-32/h2-9,14-16,34H,10-13,17H2,1H3,(H2,30,31,35,36)/t28-/m0/s1. The summed E-state index contributed by atoms with van der Waals surface area (Å²) in [5.41, 5.74) is -0.901. The number of rotatable bonds is 7. The molecule has 0 saturated carbocycles. The molecule has 3 N–H and O–H groups in total. The smallest absolute Gasteiger partial charge is 0.322 e. The van der Waals surface area contributed by atoms with Crippen LogP contribution in [0, 0.1) is 0 Å². The second kappa shape index (κ2) is 9.84. The highest BCUT2D eigenvalue weighted by Gasteiger charge is 2.48. The molecular weight excluding hydrogens is 502 g/mol. The minimum absolute atomic E-state index is 0.0273. The molecule has 2 saturated heterocycles. The maximum atomic E-state index is 13.1. The van der Waals surface area contributed by atoms with Crippen LogP contribution in [-0.4, -0.2) is 60.0 Å². The zero-order chi connectivity index (χ0) is 27.0. The van der Waals surface area contributed by atoms with Crippen LogP contribution in [0.15, 0.2) is 67.0 Å². The third kappa shape index (κ3) is 4.57. The lowest BCUT2D eigenvalue weighted by Crippen LogP contribution is -2.47. The van der Waals surface area contributed by atoms with Crippen molar-refractivity contribution in [2.75, 3.05) is 38.3 Å². The van der Waals surface area contributed by atoms with Crippen molar-refractivity contribution in [2.45, 2.75) is 12.1 Å². The van der Waals surface area contributed by atoms with Crippen molar-refractivity contribution in [3.63, 3.8) is 0 Å². The molecular formula is C28H27N5O6. The fourth-order valence-electron chi connectivity index (χ4n) is 4.98. The third-order valence-corrected chi connectivity index (χ3v) is 7.06. The lowest BCUT2D eigenvalue weighted by molar-refractivity contribution is -0.124. The first-order valence-electron chi connectivity index (χ1n) is 12.5. The van der Waals surface area contributed by atoms with Gasteiger partial charge >= 0.3 is 6.03 Å². The van der Waals surface area contributed by atoms with Crippen LogP contribution in [0.3, 0.4) is 0 Å². The lowest BCUT2D eigenvalue weighted by atomic mass is 9.89. The van der Waals surface area contributed by atoms with Crippen molar-refractivity contribution >= 4 is 28.5 Å². The van der Waals surface area contributed by atoms with Gasteiger partial charge in [-0.25, -0.2) is 9.78 Å². The minimum atomic E-state index is -1.44. The minimum Gasteiger partial charge on any atom is -0.497 e. The molecule has 3 amide bonds. The number of morpholine rings is 1. The first kappa shape index (κ1) is 24.6. The summed E-state index contributed by atoms with van der Waals surface area (Å²) in [6.07, 6.45) is 3.40. The second-order valence-electron chi connectivity index (χ2n) is 9.43. The van der Waals surface area contributed by atoms with E-state index in [0.29, 0.717) is 41.4 Å². The van der Waals surface area contributed by atoms with E-state index in [1.54, 1.807) is 60.5 Å². The second-order valence-corrected chi connectivity index (χ2v) is 9.43. The molecule has 200 valence electrons. The van der Waals surface area contributed by atoms with Crippen LogP contribution in [0.25, 0.3) is 10.8 Å². The molecule has 2 aromatic carbocycles. The molecule has 2 fully saturated rings. The van der Waals surface area contributed by atoms with Gasteiger partial charge in [0.05, 0.1) is 33.1 Å². The summed E-state index contributed by atoms with van der Waals surface area (Å²) in [6.45, 7) is 2.93. The number of amides is 3. The van der Waals surface area contributed by atoms with Gasteiger partial charge in [0.25, 0.3) is 5.91 Å². The number of hydrogen-bond donors (Lipinski definition) is 3. The van der Waals surface area contributed by atoms with E-state index in [-0.39, 0.29) is 12.4 Å². The van der Waals surface area contributed by atoms with Gasteiger partial charge in [0, 0.05) is 30.1 Å². The van der Waals surface area contributed by atoms with Crippen LogP contribution < -0.4 is 25.0 Å². The van der Waals surface area contributed by atoms with E-state index in [1.165, 1.54) is 0 Å². The van der Waals surface area contributed by atoms with Gasteiger partial charge in [0.1, 0.15) is 23.1 Å². The van der Waals surface area contributed by atoms with Crippen molar-refractivity contribution in [3.05, 3.63) is 72.6 Å². The molecule has 0 spiro atoms. The summed E-state index contributed by atoms with van der Waals surface area (Å²) < 4.78 is 18.2. The number of anilines is 1. The molecule has 11 nitrogen and oxygen atoms in total. The number of imide groups is 1. The number of pyridine rings is 1. The Morgan fingerprint density at radius 1 is 1.03 bits per heavy atom. The molecule has 0 radical (unpaired) electrons. The lowest BCUT2D eigenvalue weighted by Gasteiger charge is -2.28. The monoisotopic (exact) mass is 529 g/mol. The van der Waals surface area contributed by atoms with Gasteiger partial charge < -0.3 is 34.1 Å². The van der Waals surface area contributed by atoms with E-state index < -0.39 is 17.5 Å². The predicted octanol–water partition coefficient (Wildman–Crippen LogP) is 3.11. The Kier molecular flexibility index (Phi) is 6.20. The fourth-order valence-corrected chi connectivity index (χ4v) is 4.98. The molecule has 0 aliphatic carbocycles. The highest BCUT2D eigenvalue weighted by atomic mass is 16.5. The maximum absolute atomic E-state index is 13.1. The van der Waals surface area contributed by atoms with E-state index >= 15 is 0 Å². The summed E-state index contributed by atoms with van der Waals surface area (Å²) in [5, 5.41) is 17.4. The van der Waals surface area contributed by atoms with Crippen molar-refractivity contribution in [1.82, 2.24) is 20.2 Å². The number of fused-ring (bicyclic) bond motifs is 1. The Balaban J connectivity index is 1.24. The first-order chi connectivity index (χ1) is 18.9. The van der Waals surface area contributed by atoms with Crippen LogP contribution in [-0.2, 0) is 21.6 Å². The molecule has 11 heteroatoms. The zero-order valence-corrected chi connectivity index (χ0v) is 21.2. The van der Waals surface area contributed by atoms with Crippen LogP contribution in [0.4, 0.5) is 10.6 Å². The number of nitrogens with one attached hydrogen (secondary N) is 2. The molecule has 39 heavy (non-hydrogen) atoms. The van der Waals surface area contributed by atoms with Gasteiger partial charge in [-0.05, 0) is 48.0 Å². The predicted molar refractivity (Wildman–Crippen MR) is 142 cm³/mol. The molecule has 4 aromatic rings. The summed E-state index contributed by atoms with van der Waals surface area (Å²) in [4.78, 5) is 32.0. The van der Waals surface area contributed by atoms with Crippen LogP contribution in [0.5, 0.6) is 23.1 Å². The zero-order valence-electron chi connectivity index (χ0n) is 21.2. The van der Waals surface area contributed by atoms with Crippen LogP contribution in [0.2, 0.25) is 0 Å². The molecule has 2 aliphatic rings. The van der Waals surface area contributed by atoms with Gasteiger partial charge in [-0.2, -0.15) is 0 Å². The molecule has 0 bridgehead atoms. The Morgan fingerprint density at radius 3 is 2.44 bits per heavy atom. The van der Waals surface area contributed by atoms with Gasteiger partial charge in [-0.3, -0.25) is 10.1 Å². The molecule has 6 rings (SSSR count). The Bertz CT molecular complexity index is 1530. The summed E-state index contributed by atoms with van der Waals surface area (Å²) in [5.74, 6) is 2.02. The third-order valence-electron chi connectivity index (χ3n) is 7.06. The normalized spacial score (nSPS) is 19.2. The highest BCUT2D eigenvalue weighted by molar-refractivity contribution is 6.07. The maximum Gasteiger partial charge on any atom is 0.322 e. The number of carbonyl (C=O) groups excluding carboxylic acids is 2. The SMILES string of the molecule is COc1ccc2cn(C[C@@]3(c4ccc(Oc5ccc(N6CCOCC6)nc5)cc4)NC(=O)NC3=O)c(O)c2c1. The quantitative estimate of drug-likeness (QED) is 0.312. The number of aromatic nitrogens is 2. The molecule has 4 heterocycles. The van der Waals surface area contributed by atoms with Gasteiger partial charge in [-0.1, -0.05) is 12.1 Å². The Hall–Kier alpha value is -4.77. The van der Waals surface area contributed by atoms with Crippen molar-refractivity contribution in [1.29, 1.82) is 0 Å². The Labute approximate surface area is 223 Å².